The minimum absolute atomic E-state index is 0.181. The quantitative estimate of drug-likeness (QED) is 0.737. The maximum Gasteiger partial charge on any atom is 0.138 e. The number of aromatic nitrogens is 1. The summed E-state index contributed by atoms with van der Waals surface area (Å²) < 4.78 is 19.8. The maximum atomic E-state index is 13.5. The zero-order chi connectivity index (χ0) is 13.0. The summed E-state index contributed by atoms with van der Waals surface area (Å²) in [5.74, 6) is 0.349. The number of pyridine rings is 1. The molecule has 2 aromatic rings. The summed E-state index contributed by atoms with van der Waals surface area (Å²) in [7, 11) is 0. The standard InChI is InChI=1S/C13H10Br2FNO/c14-6-11-2-3-12(7-17-11)18-8-9-5-10(15)1-4-13(9)16/h1-5,7H,6,8H2. The molecule has 0 aliphatic carbocycles. The van der Waals surface area contributed by atoms with Gasteiger partial charge < -0.3 is 4.74 Å². The largest absolute Gasteiger partial charge is 0.487 e. The van der Waals surface area contributed by atoms with E-state index in [0.717, 1.165) is 10.2 Å². The van der Waals surface area contributed by atoms with Gasteiger partial charge in [0.05, 0.1) is 11.9 Å². The zero-order valence-electron chi connectivity index (χ0n) is 9.37. The molecule has 2 rings (SSSR count). The van der Waals surface area contributed by atoms with E-state index in [-0.39, 0.29) is 12.4 Å². The Morgan fingerprint density at radius 3 is 2.72 bits per heavy atom. The predicted octanol–water partition coefficient (Wildman–Crippen LogP) is 4.46. The minimum Gasteiger partial charge on any atom is -0.487 e. The van der Waals surface area contributed by atoms with Gasteiger partial charge in [0.2, 0.25) is 0 Å². The lowest BCUT2D eigenvalue weighted by Gasteiger charge is -2.07. The van der Waals surface area contributed by atoms with Crippen LogP contribution in [0.15, 0.2) is 41.0 Å². The number of rotatable bonds is 4. The predicted molar refractivity (Wildman–Crippen MR) is 75.3 cm³/mol. The van der Waals surface area contributed by atoms with Crippen molar-refractivity contribution in [2.75, 3.05) is 0 Å². The Kier molecular flexibility index (Phi) is 4.72. The lowest BCUT2D eigenvalue weighted by Crippen LogP contribution is -1.99. The van der Waals surface area contributed by atoms with Crippen molar-refractivity contribution < 1.29 is 9.13 Å². The van der Waals surface area contributed by atoms with Crippen LogP contribution in [0.5, 0.6) is 5.75 Å². The van der Waals surface area contributed by atoms with Crippen LogP contribution in [0, 0.1) is 5.82 Å². The van der Waals surface area contributed by atoms with Crippen LogP contribution >= 0.6 is 31.9 Å². The normalized spacial score (nSPS) is 10.4. The van der Waals surface area contributed by atoms with Crippen LogP contribution < -0.4 is 4.74 Å². The fourth-order valence-electron chi connectivity index (χ4n) is 1.39. The third kappa shape index (κ3) is 3.53. The second-order valence-electron chi connectivity index (χ2n) is 3.64. The van der Waals surface area contributed by atoms with E-state index >= 15 is 0 Å². The first-order chi connectivity index (χ1) is 8.69. The fraction of sp³-hybridized carbons (Fsp3) is 0.154. The Balaban J connectivity index is 2.04. The number of hydrogen-bond donors (Lipinski definition) is 0. The number of ether oxygens (including phenoxy) is 1. The smallest absolute Gasteiger partial charge is 0.138 e. The SMILES string of the molecule is Fc1ccc(Br)cc1COc1ccc(CBr)nc1. The fourth-order valence-corrected chi connectivity index (χ4v) is 2.13. The summed E-state index contributed by atoms with van der Waals surface area (Å²) in [4.78, 5) is 4.17. The molecule has 0 bridgehead atoms. The number of hydrogen-bond acceptors (Lipinski definition) is 2. The highest BCUT2D eigenvalue weighted by atomic mass is 79.9. The van der Waals surface area contributed by atoms with Gasteiger partial charge in [0.25, 0.3) is 0 Å². The summed E-state index contributed by atoms with van der Waals surface area (Å²) in [6, 6.07) is 8.45. The Hall–Kier alpha value is -0.940. The van der Waals surface area contributed by atoms with E-state index in [9.17, 15) is 4.39 Å². The van der Waals surface area contributed by atoms with Crippen molar-refractivity contribution in [1.82, 2.24) is 4.98 Å². The molecule has 0 saturated carbocycles. The Bertz CT molecular complexity index is 531. The highest BCUT2D eigenvalue weighted by molar-refractivity contribution is 9.10. The second kappa shape index (κ2) is 6.29. The van der Waals surface area contributed by atoms with E-state index < -0.39 is 0 Å². The molecule has 2 nitrogen and oxygen atoms in total. The molecule has 1 aromatic carbocycles. The molecule has 0 aliphatic heterocycles. The highest BCUT2D eigenvalue weighted by Gasteiger charge is 2.04. The molecule has 0 unspecified atom stereocenters. The van der Waals surface area contributed by atoms with Crippen molar-refractivity contribution in [2.45, 2.75) is 11.9 Å². The van der Waals surface area contributed by atoms with E-state index in [2.05, 4.69) is 36.8 Å². The van der Waals surface area contributed by atoms with Gasteiger partial charge in [-0.2, -0.15) is 0 Å². The van der Waals surface area contributed by atoms with Gasteiger partial charge in [-0.3, -0.25) is 4.98 Å². The van der Waals surface area contributed by atoms with Gasteiger partial charge >= 0.3 is 0 Å². The monoisotopic (exact) mass is 373 g/mol. The van der Waals surface area contributed by atoms with E-state index in [4.69, 9.17) is 4.74 Å². The topological polar surface area (TPSA) is 22.1 Å². The van der Waals surface area contributed by atoms with E-state index in [1.807, 2.05) is 12.1 Å². The lowest BCUT2D eigenvalue weighted by molar-refractivity contribution is 0.298. The average Bonchev–Trinajstić information content (AvgIpc) is 2.40. The summed E-state index contributed by atoms with van der Waals surface area (Å²) in [6.45, 7) is 0.181. The van der Waals surface area contributed by atoms with Crippen molar-refractivity contribution in [1.29, 1.82) is 0 Å². The minimum atomic E-state index is -0.275. The van der Waals surface area contributed by atoms with Crippen LogP contribution in [0.3, 0.4) is 0 Å². The van der Waals surface area contributed by atoms with Crippen LogP contribution in [0.1, 0.15) is 11.3 Å². The molecule has 0 amide bonds. The van der Waals surface area contributed by atoms with Gasteiger partial charge in [0, 0.05) is 15.4 Å². The van der Waals surface area contributed by atoms with Crippen LogP contribution in [0.25, 0.3) is 0 Å². The lowest BCUT2D eigenvalue weighted by atomic mass is 10.2. The summed E-state index contributed by atoms with van der Waals surface area (Å²) >= 11 is 6.62. The first-order valence-corrected chi connectivity index (χ1v) is 7.18. The number of alkyl halides is 1. The molecule has 5 heteroatoms. The number of halogens is 3. The molecule has 0 N–H and O–H groups in total. The Morgan fingerprint density at radius 1 is 1.22 bits per heavy atom. The van der Waals surface area contributed by atoms with Gasteiger partial charge in [0.15, 0.2) is 0 Å². The molecule has 0 radical (unpaired) electrons. The molecule has 0 atom stereocenters. The van der Waals surface area contributed by atoms with Crippen LogP contribution in [0.2, 0.25) is 0 Å². The Morgan fingerprint density at radius 2 is 2.06 bits per heavy atom. The summed E-state index contributed by atoms with van der Waals surface area (Å²) in [5.41, 5.74) is 1.44. The van der Waals surface area contributed by atoms with Crippen molar-refractivity contribution in [3.8, 4) is 5.75 Å². The van der Waals surface area contributed by atoms with Crippen LogP contribution in [-0.2, 0) is 11.9 Å². The van der Waals surface area contributed by atoms with Gasteiger partial charge in [-0.15, -0.1) is 0 Å². The van der Waals surface area contributed by atoms with Gasteiger partial charge in [-0.05, 0) is 30.3 Å². The van der Waals surface area contributed by atoms with Gasteiger partial charge in [-0.1, -0.05) is 31.9 Å². The van der Waals surface area contributed by atoms with E-state index in [1.54, 1.807) is 18.3 Å². The second-order valence-corrected chi connectivity index (χ2v) is 5.12. The molecule has 0 aliphatic rings. The van der Waals surface area contributed by atoms with Crippen LogP contribution in [-0.4, -0.2) is 4.98 Å². The van der Waals surface area contributed by atoms with Crippen molar-refractivity contribution in [3.63, 3.8) is 0 Å². The molecule has 0 saturated heterocycles. The first kappa shape index (κ1) is 13.5. The summed E-state index contributed by atoms with van der Waals surface area (Å²) in [6.07, 6.45) is 1.63. The molecule has 0 spiro atoms. The first-order valence-electron chi connectivity index (χ1n) is 5.26. The third-order valence-electron chi connectivity index (χ3n) is 2.34. The number of benzene rings is 1. The van der Waals surface area contributed by atoms with Gasteiger partial charge in [-0.25, -0.2) is 4.39 Å². The molecule has 1 aromatic heterocycles. The average molecular weight is 375 g/mol. The number of nitrogens with zero attached hydrogens (tertiary/aromatic N) is 1. The molecule has 1 heterocycles. The highest BCUT2D eigenvalue weighted by Crippen LogP contribution is 2.18. The zero-order valence-corrected chi connectivity index (χ0v) is 12.5. The maximum absolute atomic E-state index is 13.5. The molecular weight excluding hydrogens is 365 g/mol. The molecule has 0 fully saturated rings. The van der Waals surface area contributed by atoms with E-state index in [1.165, 1.54) is 6.07 Å². The summed E-state index contributed by atoms with van der Waals surface area (Å²) in [5, 5.41) is 0.702. The van der Waals surface area contributed by atoms with Crippen molar-refractivity contribution in [2.24, 2.45) is 0 Å². The third-order valence-corrected chi connectivity index (χ3v) is 3.40. The molecule has 94 valence electrons. The Labute approximate surface area is 121 Å². The van der Waals surface area contributed by atoms with E-state index in [0.29, 0.717) is 16.6 Å². The van der Waals surface area contributed by atoms with Crippen molar-refractivity contribution in [3.05, 3.63) is 58.1 Å². The molecule has 18 heavy (non-hydrogen) atoms. The van der Waals surface area contributed by atoms with Crippen LogP contribution in [0.4, 0.5) is 4.39 Å². The van der Waals surface area contributed by atoms with Crippen molar-refractivity contribution >= 4 is 31.9 Å². The molecular formula is C13H10Br2FNO. The van der Waals surface area contributed by atoms with Gasteiger partial charge in [0.1, 0.15) is 18.2 Å².